The summed E-state index contributed by atoms with van der Waals surface area (Å²) < 4.78 is 5.75. The number of nitrogens with zero attached hydrogens (tertiary/aromatic N) is 1. The second-order valence-electron chi connectivity index (χ2n) is 7.36. The summed E-state index contributed by atoms with van der Waals surface area (Å²) in [4.78, 5) is 27.4. The van der Waals surface area contributed by atoms with E-state index in [1.165, 1.54) is 0 Å². The van der Waals surface area contributed by atoms with Crippen LogP contribution >= 0.6 is 11.6 Å². The molecule has 30 heavy (non-hydrogen) atoms. The van der Waals surface area contributed by atoms with E-state index >= 15 is 0 Å². The second kappa shape index (κ2) is 11.6. The van der Waals surface area contributed by atoms with Crippen LogP contribution in [-0.4, -0.2) is 35.9 Å². The smallest absolute Gasteiger partial charge is 0.261 e. The molecule has 2 aromatic rings. The van der Waals surface area contributed by atoms with Crippen molar-refractivity contribution >= 4 is 23.4 Å². The molecule has 0 heterocycles. The third kappa shape index (κ3) is 6.49. The van der Waals surface area contributed by atoms with Crippen LogP contribution in [-0.2, 0) is 16.1 Å². The molecule has 6 heteroatoms. The molecule has 2 rings (SSSR count). The molecule has 2 amide bonds. The maximum absolute atomic E-state index is 13.1. The predicted octanol–water partition coefficient (Wildman–Crippen LogP) is 4.67. The highest BCUT2D eigenvalue weighted by Gasteiger charge is 2.29. The standard InChI is InChI=1S/C24H31ClN2O3/c1-5-13-26-24(29)22(6-2)27(15-19-9-7-8-10-21(19)25)23(28)16-30-20-12-11-17(3)18(4)14-20/h7-12,14,22H,5-6,13,15-16H2,1-4H3,(H,26,29)/t22-/m1/s1. The number of aryl methyl sites for hydroxylation is 2. The zero-order valence-corrected chi connectivity index (χ0v) is 19.0. The van der Waals surface area contributed by atoms with E-state index in [-0.39, 0.29) is 25.0 Å². The average Bonchev–Trinajstić information content (AvgIpc) is 2.74. The molecule has 0 bridgehead atoms. The first-order valence-corrected chi connectivity index (χ1v) is 10.8. The van der Waals surface area contributed by atoms with Crippen molar-refractivity contribution in [3.8, 4) is 5.75 Å². The van der Waals surface area contributed by atoms with Crippen LogP contribution in [0.15, 0.2) is 42.5 Å². The molecule has 0 radical (unpaired) electrons. The summed E-state index contributed by atoms with van der Waals surface area (Å²) in [6.07, 6.45) is 1.33. The molecule has 0 saturated heterocycles. The minimum Gasteiger partial charge on any atom is -0.484 e. The molecule has 0 saturated carbocycles. The van der Waals surface area contributed by atoms with E-state index in [0.717, 1.165) is 23.1 Å². The van der Waals surface area contributed by atoms with Crippen molar-refractivity contribution in [3.05, 3.63) is 64.2 Å². The number of halogens is 1. The minimum atomic E-state index is -0.594. The summed E-state index contributed by atoms with van der Waals surface area (Å²) in [5.74, 6) is 0.213. The first kappa shape index (κ1) is 23.7. The van der Waals surface area contributed by atoms with E-state index in [9.17, 15) is 9.59 Å². The summed E-state index contributed by atoms with van der Waals surface area (Å²) in [5, 5.41) is 3.46. The van der Waals surface area contributed by atoms with Gasteiger partial charge in [0, 0.05) is 18.1 Å². The van der Waals surface area contributed by atoms with Crippen LogP contribution in [0.5, 0.6) is 5.75 Å². The fourth-order valence-corrected chi connectivity index (χ4v) is 3.32. The van der Waals surface area contributed by atoms with Crippen LogP contribution in [0, 0.1) is 13.8 Å². The van der Waals surface area contributed by atoms with E-state index in [1.54, 1.807) is 11.0 Å². The van der Waals surface area contributed by atoms with Crippen molar-refractivity contribution in [2.45, 2.75) is 53.1 Å². The number of benzene rings is 2. The number of carbonyl (C=O) groups is 2. The van der Waals surface area contributed by atoms with Crippen molar-refractivity contribution in [3.63, 3.8) is 0 Å². The van der Waals surface area contributed by atoms with E-state index in [1.807, 2.05) is 64.1 Å². The molecule has 0 aliphatic rings. The SMILES string of the molecule is CCCNC(=O)[C@@H](CC)N(Cc1ccccc1Cl)C(=O)COc1ccc(C)c(C)c1. The summed E-state index contributed by atoms with van der Waals surface area (Å²) >= 11 is 6.32. The largest absolute Gasteiger partial charge is 0.484 e. The molecule has 162 valence electrons. The third-order valence-corrected chi connectivity index (χ3v) is 5.44. The van der Waals surface area contributed by atoms with E-state index < -0.39 is 6.04 Å². The van der Waals surface area contributed by atoms with Gasteiger partial charge in [0.15, 0.2) is 6.61 Å². The number of nitrogens with one attached hydrogen (secondary N) is 1. The highest BCUT2D eigenvalue weighted by molar-refractivity contribution is 6.31. The highest BCUT2D eigenvalue weighted by atomic mass is 35.5. The first-order chi connectivity index (χ1) is 14.4. The van der Waals surface area contributed by atoms with Crippen LogP contribution in [0.1, 0.15) is 43.4 Å². The van der Waals surface area contributed by atoms with Gasteiger partial charge in [-0.2, -0.15) is 0 Å². The molecule has 0 spiro atoms. The Morgan fingerprint density at radius 3 is 2.47 bits per heavy atom. The van der Waals surface area contributed by atoms with Crippen molar-refractivity contribution in [1.29, 1.82) is 0 Å². The molecule has 0 fully saturated rings. The van der Waals surface area contributed by atoms with E-state index in [0.29, 0.717) is 23.7 Å². The highest BCUT2D eigenvalue weighted by Crippen LogP contribution is 2.21. The summed E-state index contributed by atoms with van der Waals surface area (Å²) in [6, 6.07) is 12.5. The Hall–Kier alpha value is -2.53. The van der Waals surface area contributed by atoms with Gasteiger partial charge < -0.3 is 15.0 Å². The quantitative estimate of drug-likeness (QED) is 0.595. The third-order valence-electron chi connectivity index (χ3n) is 5.07. The number of carbonyl (C=O) groups excluding carboxylic acids is 2. The van der Waals surface area contributed by atoms with Crippen LogP contribution in [0.3, 0.4) is 0 Å². The summed E-state index contributed by atoms with van der Waals surface area (Å²) in [7, 11) is 0. The Morgan fingerprint density at radius 1 is 1.10 bits per heavy atom. The molecule has 0 aliphatic carbocycles. The first-order valence-electron chi connectivity index (χ1n) is 10.4. The number of amides is 2. The van der Waals surface area contributed by atoms with Gasteiger partial charge in [-0.1, -0.05) is 49.7 Å². The Morgan fingerprint density at radius 2 is 1.83 bits per heavy atom. The predicted molar refractivity (Wildman–Crippen MR) is 121 cm³/mol. The van der Waals surface area contributed by atoms with Gasteiger partial charge in [-0.15, -0.1) is 0 Å². The average molecular weight is 431 g/mol. The monoisotopic (exact) mass is 430 g/mol. The molecular formula is C24H31ClN2O3. The number of hydrogen-bond donors (Lipinski definition) is 1. The van der Waals surface area contributed by atoms with Crippen LogP contribution < -0.4 is 10.1 Å². The lowest BCUT2D eigenvalue weighted by Crippen LogP contribution is -2.50. The maximum atomic E-state index is 13.1. The Bertz CT molecular complexity index is 869. The molecule has 0 aliphatic heterocycles. The minimum absolute atomic E-state index is 0.148. The van der Waals surface area contributed by atoms with Gasteiger partial charge in [-0.05, 0) is 61.6 Å². The Balaban J connectivity index is 2.21. The second-order valence-corrected chi connectivity index (χ2v) is 7.77. The number of ether oxygens (including phenoxy) is 1. The molecule has 2 aromatic carbocycles. The van der Waals surface area contributed by atoms with Crippen molar-refractivity contribution in [1.82, 2.24) is 10.2 Å². The fourth-order valence-electron chi connectivity index (χ4n) is 3.13. The van der Waals surface area contributed by atoms with Crippen LogP contribution in [0.25, 0.3) is 0 Å². The molecule has 0 aromatic heterocycles. The van der Waals surface area contributed by atoms with Gasteiger partial charge in [0.05, 0.1) is 0 Å². The topological polar surface area (TPSA) is 58.6 Å². The lowest BCUT2D eigenvalue weighted by Gasteiger charge is -2.30. The Labute approximate surface area is 184 Å². The van der Waals surface area contributed by atoms with Gasteiger partial charge in [0.2, 0.25) is 5.91 Å². The molecular weight excluding hydrogens is 400 g/mol. The normalized spacial score (nSPS) is 11.6. The summed E-state index contributed by atoms with van der Waals surface area (Å²) in [6.45, 7) is 8.58. The maximum Gasteiger partial charge on any atom is 0.261 e. The van der Waals surface area contributed by atoms with Gasteiger partial charge >= 0.3 is 0 Å². The van der Waals surface area contributed by atoms with E-state index in [4.69, 9.17) is 16.3 Å². The van der Waals surface area contributed by atoms with Crippen molar-refractivity contribution < 1.29 is 14.3 Å². The summed E-state index contributed by atoms with van der Waals surface area (Å²) in [5.41, 5.74) is 3.05. The Kier molecular flexibility index (Phi) is 9.18. The van der Waals surface area contributed by atoms with Crippen LogP contribution in [0.4, 0.5) is 0 Å². The van der Waals surface area contributed by atoms with E-state index in [2.05, 4.69) is 5.32 Å². The zero-order chi connectivity index (χ0) is 22.1. The van der Waals surface area contributed by atoms with Gasteiger partial charge in [-0.3, -0.25) is 9.59 Å². The van der Waals surface area contributed by atoms with Crippen LogP contribution in [0.2, 0.25) is 5.02 Å². The number of rotatable bonds is 10. The zero-order valence-electron chi connectivity index (χ0n) is 18.2. The number of hydrogen-bond acceptors (Lipinski definition) is 3. The lowest BCUT2D eigenvalue weighted by atomic mass is 10.1. The molecule has 0 unspecified atom stereocenters. The molecule has 5 nitrogen and oxygen atoms in total. The van der Waals surface area contributed by atoms with Crippen molar-refractivity contribution in [2.24, 2.45) is 0 Å². The molecule has 1 N–H and O–H groups in total. The van der Waals surface area contributed by atoms with Gasteiger partial charge in [0.25, 0.3) is 5.91 Å². The van der Waals surface area contributed by atoms with Gasteiger partial charge in [0.1, 0.15) is 11.8 Å². The van der Waals surface area contributed by atoms with Crippen molar-refractivity contribution in [2.75, 3.05) is 13.2 Å². The molecule has 1 atom stereocenters. The lowest BCUT2D eigenvalue weighted by molar-refractivity contribution is -0.143. The fraction of sp³-hybridized carbons (Fsp3) is 0.417. The van der Waals surface area contributed by atoms with Gasteiger partial charge in [-0.25, -0.2) is 0 Å².